The number of aromatic amines is 1. The van der Waals surface area contributed by atoms with Gasteiger partial charge in [-0.2, -0.15) is 15.8 Å². The van der Waals surface area contributed by atoms with Crippen molar-refractivity contribution in [3.63, 3.8) is 0 Å². The lowest BCUT2D eigenvalue weighted by Gasteiger charge is -2.27. The van der Waals surface area contributed by atoms with Gasteiger partial charge >= 0.3 is 5.97 Å². The number of nitriles is 3. The molecule has 1 aliphatic heterocycles. The second-order valence-electron chi connectivity index (χ2n) is 6.35. The van der Waals surface area contributed by atoms with Crippen LogP contribution < -0.4 is 16.5 Å². The monoisotopic (exact) mass is 465 g/mol. The molecule has 11 heteroatoms. The third-order valence-corrected chi connectivity index (χ3v) is 6.43. The second-order valence-corrected chi connectivity index (χ2v) is 8.31. The molecule has 2 aromatic heterocycles. The Kier molecular flexibility index (Phi) is 7.01. The molecule has 1 atom stereocenters. The number of thioether (sulfide) groups is 1. The van der Waals surface area contributed by atoms with Gasteiger partial charge in [0.25, 0.3) is 5.82 Å². The molecule has 32 heavy (non-hydrogen) atoms. The second kappa shape index (κ2) is 9.88. The van der Waals surface area contributed by atoms with E-state index in [1.807, 2.05) is 29.7 Å². The highest BCUT2D eigenvalue weighted by Gasteiger charge is 2.38. The van der Waals surface area contributed by atoms with Crippen LogP contribution in [0.3, 0.4) is 0 Å². The minimum atomic E-state index is -0.728. The molecule has 9 nitrogen and oxygen atoms in total. The maximum absolute atomic E-state index is 12.9. The Morgan fingerprint density at radius 1 is 1.28 bits per heavy atom. The number of hydrogen-bond acceptors (Lipinski definition) is 10. The smallest absolute Gasteiger partial charge is 0.338 e. The Hall–Kier alpha value is -3.98. The van der Waals surface area contributed by atoms with E-state index in [1.165, 1.54) is 17.4 Å². The maximum Gasteiger partial charge on any atom is 0.338 e. The predicted octanol–water partition coefficient (Wildman–Crippen LogP) is 2.30. The van der Waals surface area contributed by atoms with Gasteiger partial charge in [0, 0.05) is 4.88 Å². The van der Waals surface area contributed by atoms with Gasteiger partial charge in [-0.25, -0.2) is 9.78 Å². The van der Waals surface area contributed by atoms with Crippen LogP contribution in [0.15, 0.2) is 51.4 Å². The molecule has 1 aliphatic rings. The zero-order chi connectivity index (χ0) is 23.3. The maximum atomic E-state index is 12.9. The lowest BCUT2D eigenvalue weighted by Crippen LogP contribution is -2.27. The third kappa shape index (κ3) is 4.37. The first-order chi connectivity index (χ1) is 15.4. The Morgan fingerprint density at radius 3 is 2.62 bits per heavy atom. The number of nitrogens with two attached hydrogens (primary N) is 2. The molecule has 0 saturated heterocycles. The van der Waals surface area contributed by atoms with Gasteiger partial charge in [0.1, 0.15) is 40.7 Å². The summed E-state index contributed by atoms with van der Waals surface area (Å²) in [6.07, 6.45) is 0. The summed E-state index contributed by atoms with van der Waals surface area (Å²) in [5.41, 5.74) is 12.5. The molecule has 0 aromatic carbocycles. The van der Waals surface area contributed by atoms with E-state index in [4.69, 9.17) is 26.2 Å². The summed E-state index contributed by atoms with van der Waals surface area (Å²) < 4.78 is 10.9. The number of H-pyrrole nitrogens is 1. The molecule has 0 saturated carbocycles. The van der Waals surface area contributed by atoms with Gasteiger partial charge in [0.15, 0.2) is 5.03 Å². The van der Waals surface area contributed by atoms with Crippen molar-refractivity contribution in [1.82, 2.24) is 0 Å². The van der Waals surface area contributed by atoms with E-state index in [9.17, 15) is 15.3 Å². The molecular formula is C21H17N6O3S2+. The number of nitrogens with zero attached hydrogens (tertiary/aromatic N) is 3. The van der Waals surface area contributed by atoms with Crippen molar-refractivity contribution in [1.29, 1.82) is 15.8 Å². The largest absolute Gasteiger partial charge is 0.463 e. The predicted molar refractivity (Wildman–Crippen MR) is 116 cm³/mol. The molecule has 3 rings (SSSR count). The number of ether oxygens (including phenoxy) is 2. The van der Waals surface area contributed by atoms with Crippen molar-refractivity contribution in [3.8, 4) is 18.2 Å². The molecular weight excluding hydrogens is 448 g/mol. The van der Waals surface area contributed by atoms with Crippen LogP contribution in [0, 0.1) is 34.0 Å². The van der Waals surface area contributed by atoms with Crippen molar-refractivity contribution < 1.29 is 19.3 Å². The van der Waals surface area contributed by atoms with Crippen molar-refractivity contribution in [2.75, 3.05) is 18.1 Å². The van der Waals surface area contributed by atoms with Gasteiger partial charge in [0.2, 0.25) is 5.88 Å². The number of carbonyl (C=O) groups excluding carboxylic acids is 1. The Morgan fingerprint density at radius 2 is 2.03 bits per heavy atom. The molecule has 0 bridgehead atoms. The number of carbonyl (C=O) groups is 1. The van der Waals surface area contributed by atoms with E-state index >= 15 is 0 Å². The molecule has 0 radical (unpaired) electrons. The lowest BCUT2D eigenvalue weighted by atomic mass is 9.87. The SMILES string of the molecule is CCOC(=O)C1=C(CSc2[nH+]c(N)c(C#N)cc2C#N)OC(N)=C(C#N)[C@H]1c1cccs1. The fraction of sp³-hybridized carbons (Fsp3) is 0.190. The van der Waals surface area contributed by atoms with Gasteiger partial charge in [-0.05, 0) is 24.4 Å². The number of aromatic nitrogens is 1. The third-order valence-electron chi connectivity index (χ3n) is 4.48. The van der Waals surface area contributed by atoms with E-state index < -0.39 is 11.9 Å². The van der Waals surface area contributed by atoms with Gasteiger partial charge < -0.3 is 15.2 Å². The van der Waals surface area contributed by atoms with Gasteiger partial charge in [0.05, 0.1) is 23.9 Å². The first kappa shape index (κ1) is 22.7. The van der Waals surface area contributed by atoms with E-state index in [0.717, 1.165) is 16.6 Å². The van der Waals surface area contributed by atoms with Crippen LogP contribution in [0.1, 0.15) is 28.8 Å². The summed E-state index contributed by atoms with van der Waals surface area (Å²) in [6, 6.07) is 11.0. The Balaban J connectivity index is 2.06. The van der Waals surface area contributed by atoms with Crippen molar-refractivity contribution in [2.45, 2.75) is 17.9 Å². The lowest BCUT2D eigenvalue weighted by molar-refractivity contribution is -0.410. The van der Waals surface area contributed by atoms with Crippen molar-refractivity contribution in [3.05, 3.63) is 62.4 Å². The van der Waals surface area contributed by atoms with Crippen LogP contribution in [-0.4, -0.2) is 18.3 Å². The molecule has 0 aliphatic carbocycles. The highest BCUT2D eigenvalue weighted by molar-refractivity contribution is 7.99. The van der Waals surface area contributed by atoms with Crippen LogP contribution in [-0.2, 0) is 14.3 Å². The molecule has 3 heterocycles. The van der Waals surface area contributed by atoms with Crippen LogP contribution in [0.4, 0.5) is 5.82 Å². The fourth-order valence-corrected chi connectivity index (χ4v) is 4.84. The van der Waals surface area contributed by atoms with E-state index in [2.05, 4.69) is 4.98 Å². The average molecular weight is 466 g/mol. The highest BCUT2D eigenvalue weighted by atomic mass is 32.2. The minimum Gasteiger partial charge on any atom is -0.463 e. The molecule has 0 fully saturated rings. The Bertz CT molecular complexity index is 1250. The number of nitrogen functional groups attached to an aromatic ring is 1. The first-order valence-electron chi connectivity index (χ1n) is 9.25. The van der Waals surface area contributed by atoms with E-state index in [1.54, 1.807) is 13.0 Å². The summed E-state index contributed by atoms with van der Waals surface area (Å²) in [6.45, 7) is 1.82. The van der Waals surface area contributed by atoms with Gasteiger partial charge in [-0.15, -0.1) is 11.3 Å². The fourth-order valence-electron chi connectivity index (χ4n) is 3.07. The summed E-state index contributed by atoms with van der Waals surface area (Å²) in [4.78, 5) is 16.5. The summed E-state index contributed by atoms with van der Waals surface area (Å²) in [7, 11) is 0. The van der Waals surface area contributed by atoms with Crippen LogP contribution in [0.2, 0.25) is 0 Å². The minimum absolute atomic E-state index is 0.0892. The summed E-state index contributed by atoms with van der Waals surface area (Å²) in [5, 5.41) is 30.5. The highest BCUT2D eigenvalue weighted by Crippen LogP contribution is 2.42. The number of esters is 1. The zero-order valence-corrected chi connectivity index (χ0v) is 18.5. The molecule has 0 spiro atoms. The first-order valence-corrected chi connectivity index (χ1v) is 11.1. The van der Waals surface area contributed by atoms with Crippen LogP contribution in [0.25, 0.3) is 0 Å². The molecule has 0 amide bonds. The summed E-state index contributed by atoms with van der Waals surface area (Å²) >= 11 is 2.52. The molecule has 160 valence electrons. The number of rotatable bonds is 6. The van der Waals surface area contributed by atoms with E-state index in [-0.39, 0.29) is 52.1 Å². The quantitative estimate of drug-likeness (QED) is 0.479. The molecule has 0 unspecified atom stereocenters. The Labute approximate surface area is 192 Å². The van der Waals surface area contributed by atoms with Crippen molar-refractivity contribution >= 4 is 34.9 Å². The topological polar surface area (TPSA) is 173 Å². The molecule has 2 aromatic rings. The number of pyridine rings is 1. The zero-order valence-electron chi connectivity index (χ0n) is 16.8. The number of allylic oxidation sites excluding steroid dienone is 1. The van der Waals surface area contributed by atoms with E-state index in [0.29, 0.717) is 5.03 Å². The van der Waals surface area contributed by atoms with Crippen LogP contribution in [0.5, 0.6) is 0 Å². The van der Waals surface area contributed by atoms with Crippen LogP contribution >= 0.6 is 23.1 Å². The van der Waals surface area contributed by atoms with Gasteiger partial charge in [-0.3, -0.25) is 5.73 Å². The standard InChI is InChI=1S/C21H16N6O3S2/c1-2-29-21(28)17-14(10-32-20-12(8-23)6-11(7-22)18(25)27-20)30-19(26)13(9-24)16(17)15-4-3-5-31-15/h3-6,16H,2,10,26H2,1H3,(H2,25,27)/p+1/t16-/m0/s1. The number of hydrogen-bond donors (Lipinski definition) is 2. The van der Waals surface area contributed by atoms with Gasteiger partial charge in [-0.1, -0.05) is 17.8 Å². The average Bonchev–Trinajstić information content (AvgIpc) is 3.31. The molecule has 5 N–H and O–H groups in total. The number of thiophene rings is 1. The van der Waals surface area contributed by atoms with Crippen molar-refractivity contribution in [2.24, 2.45) is 5.73 Å². The normalized spacial score (nSPS) is 15.4. The number of anilines is 1. The summed E-state index contributed by atoms with van der Waals surface area (Å²) in [5.74, 6) is -1.03. The number of nitrogens with one attached hydrogen (secondary N) is 1.